The van der Waals surface area contributed by atoms with Crippen molar-refractivity contribution < 1.29 is 4.74 Å². The van der Waals surface area contributed by atoms with Gasteiger partial charge in [0, 0.05) is 19.3 Å². The second-order valence-corrected chi connectivity index (χ2v) is 5.68. The molecule has 1 saturated carbocycles. The van der Waals surface area contributed by atoms with Crippen molar-refractivity contribution in [3.8, 4) is 0 Å². The highest BCUT2D eigenvalue weighted by Gasteiger charge is 2.15. The summed E-state index contributed by atoms with van der Waals surface area (Å²) in [6, 6.07) is 2.76. The standard InChI is InChI=1S/C15H27N3O/c1-13(2)19-11-9-16-12-14-8-10-18(17-14)15-6-4-3-5-7-15/h8,10,13,15-16H,3-7,9,11-12H2,1-2H3. The van der Waals surface area contributed by atoms with Crippen LogP contribution >= 0.6 is 0 Å². The zero-order valence-corrected chi connectivity index (χ0v) is 12.3. The van der Waals surface area contributed by atoms with Gasteiger partial charge in [-0.15, -0.1) is 0 Å². The van der Waals surface area contributed by atoms with Crippen LogP contribution in [-0.4, -0.2) is 29.0 Å². The van der Waals surface area contributed by atoms with Gasteiger partial charge in [-0.25, -0.2) is 0 Å². The Morgan fingerprint density at radius 2 is 2.16 bits per heavy atom. The second kappa shape index (κ2) is 7.65. The number of rotatable bonds is 7. The first-order chi connectivity index (χ1) is 9.25. The molecule has 1 fully saturated rings. The van der Waals surface area contributed by atoms with E-state index in [9.17, 15) is 0 Å². The molecule has 0 amide bonds. The molecule has 0 atom stereocenters. The van der Waals surface area contributed by atoms with Crippen molar-refractivity contribution in [1.29, 1.82) is 0 Å². The molecular formula is C15H27N3O. The molecule has 19 heavy (non-hydrogen) atoms. The van der Waals surface area contributed by atoms with Crippen LogP contribution in [0.2, 0.25) is 0 Å². The third kappa shape index (κ3) is 4.96. The molecule has 1 aromatic rings. The number of ether oxygens (including phenoxy) is 1. The first kappa shape index (κ1) is 14.5. The molecule has 0 unspecified atom stereocenters. The summed E-state index contributed by atoms with van der Waals surface area (Å²) in [6.45, 7) is 6.61. The van der Waals surface area contributed by atoms with Crippen molar-refractivity contribution in [2.24, 2.45) is 0 Å². The zero-order chi connectivity index (χ0) is 13.5. The summed E-state index contributed by atoms with van der Waals surface area (Å²) in [5.41, 5.74) is 1.13. The molecule has 0 bridgehead atoms. The fraction of sp³-hybridized carbons (Fsp3) is 0.800. The summed E-state index contributed by atoms with van der Waals surface area (Å²) in [5.74, 6) is 0. The van der Waals surface area contributed by atoms with Crippen LogP contribution in [0, 0.1) is 0 Å². The van der Waals surface area contributed by atoms with Crippen LogP contribution in [0.5, 0.6) is 0 Å². The van der Waals surface area contributed by atoms with E-state index in [0.717, 1.165) is 25.4 Å². The minimum absolute atomic E-state index is 0.312. The lowest BCUT2D eigenvalue weighted by Gasteiger charge is -2.21. The van der Waals surface area contributed by atoms with Crippen LogP contribution < -0.4 is 5.32 Å². The highest BCUT2D eigenvalue weighted by molar-refractivity contribution is 4.99. The molecule has 0 spiro atoms. The molecule has 1 aromatic heterocycles. The minimum atomic E-state index is 0.312. The topological polar surface area (TPSA) is 39.1 Å². The quantitative estimate of drug-likeness (QED) is 0.770. The third-order valence-corrected chi connectivity index (χ3v) is 3.65. The van der Waals surface area contributed by atoms with E-state index in [-0.39, 0.29) is 0 Å². The van der Waals surface area contributed by atoms with Crippen LogP contribution in [0.3, 0.4) is 0 Å². The van der Waals surface area contributed by atoms with Gasteiger partial charge in [-0.05, 0) is 32.8 Å². The van der Waals surface area contributed by atoms with Crippen molar-refractivity contribution >= 4 is 0 Å². The molecule has 4 nitrogen and oxygen atoms in total. The predicted molar refractivity (Wildman–Crippen MR) is 77.1 cm³/mol. The molecule has 1 heterocycles. The Kier molecular flexibility index (Phi) is 5.86. The van der Waals surface area contributed by atoms with Gasteiger partial charge in [0.25, 0.3) is 0 Å². The van der Waals surface area contributed by atoms with E-state index >= 15 is 0 Å². The molecule has 4 heteroatoms. The Morgan fingerprint density at radius 1 is 1.37 bits per heavy atom. The molecule has 0 aliphatic heterocycles. The van der Waals surface area contributed by atoms with Crippen molar-refractivity contribution in [1.82, 2.24) is 15.1 Å². The molecule has 1 aliphatic rings. The van der Waals surface area contributed by atoms with Crippen molar-refractivity contribution in [2.75, 3.05) is 13.2 Å². The summed E-state index contributed by atoms with van der Waals surface area (Å²) in [6.07, 6.45) is 9.12. The largest absolute Gasteiger partial charge is 0.377 e. The minimum Gasteiger partial charge on any atom is -0.377 e. The number of hydrogen-bond donors (Lipinski definition) is 1. The van der Waals surface area contributed by atoms with Crippen LogP contribution in [0.15, 0.2) is 12.3 Å². The zero-order valence-electron chi connectivity index (χ0n) is 12.3. The summed E-state index contributed by atoms with van der Waals surface area (Å²) >= 11 is 0. The average molecular weight is 265 g/mol. The maximum atomic E-state index is 5.49. The Hall–Kier alpha value is -0.870. The average Bonchev–Trinajstić information content (AvgIpc) is 2.88. The van der Waals surface area contributed by atoms with Gasteiger partial charge in [0.05, 0.1) is 24.4 Å². The van der Waals surface area contributed by atoms with Gasteiger partial charge >= 0.3 is 0 Å². The van der Waals surface area contributed by atoms with E-state index in [1.807, 2.05) is 0 Å². The number of aromatic nitrogens is 2. The summed E-state index contributed by atoms with van der Waals surface area (Å²) in [4.78, 5) is 0. The van der Waals surface area contributed by atoms with Crippen LogP contribution in [0.1, 0.15) is 57.7 Å². The lowest BCUT2D eigenvalue weighted by Crippen LogP contribution is -2.21. The van der Waals surface area contributed by atoms with Gasteiger partial charge < -0.3 is 10.1 Å². The van der Waals surface area contributed by atoms with Gasteiger partial charge in [-0.2, -0.15) is 5.10 Å². The summed E-state index contributed by atoms with van der Waals surface area (Å²) < 4.78 is 7.66. The van der Waals surface area contributed by atoms with Crippen molar-refractivity contribution in [3.05, 3.63) is 18.0 Å². The van der Waals surface area contributed by atoms with Crippen molar-refractivity contribution in [2.45, 2.75) is 64.6 Å². The Labute approximate surface area is 116 Å². The van der Waals surface area contributed by atoms with Gasteiger partial charge in [0.15, 0.2) is 0 Å². The molecule has 0 saturated heterocycles. The van der Waals surface area contributed by atoms with Crippen LogP contribution in [0.4, 0.5) is 0 Å². The fourth-order valence-electron chi connectivity index (χ4n) is 2.60. The smallest absolute Gasteiger partial charge is 0.0762 e. The Morgan fingerprint density at radius 3 is 2.89 bits per heavy atom. The van der Waals surface area contributed by atoms with E-state index in [4.69, 9.17) is 4.74 Å². The maximum Gasteiger partial charge on any atom is 0.0762 e. The van der Waals surface area contributed by atoms with Crippen molar-refractivity contribution in [3.63, 3.8) is 0 Å². The molecule has 2 rings (SSSR count). The molecule has 0 radical (unpaired) electrons. The van der Waals surface area contributed by atoms with E-state index in [2.05, 4.69) is 41.2 Å². The van der Waals surface area contributed by atoms with Crippen LogP contribution in [-0.2, 0) is 11.3 Å². The number of nitrogens with one attached hydrogen (secondary N) is 1. The highest BCUT2D eigenvalue weighted by Crippen LogP contribution is 2.27. The summed E-state index contributed by atoms with van der Waals surface area (Å²) in [5, 5.41) is 8.05. The van der Waals surface area contributed by atoms with Gasteiger partial charge in [-0.3, -0.25) is 4.68 Å². The lowest BCUT2D eigenvalue weighted by atomic mass is 9.96. The number of nitrogens with zero attached hydrogens (tertiary/aromatic N) is 2. The van der Waals surface area contributed by atoms with E-state index < -0.39 is 0 Å². The predicted octanol–water partition coefficient (Wildman–Crippen LogP) is 2.90. The van der Waals surface area contributed by atoms with E-state index in [1.54, 1.807) is 0 Å². The first-order valence-corrected chi connectivity index (χ1v) is 7.62. The molecular weight excluding hydrogens is 238 g/mol. The normalized spacial score (nSPS) is 17.2. The summed E-state index contributed by atoms with van der Waals surface area (Å²) in [7, 11) is 0. The third-order valence-electron chi connectivity index (χ3n) is 3.65. The van der Waals surface area contributed by atoms with Gasteiger partial charge in [0.2, 0.25) is 0 Å². The Bertz CT molecular complexity index is 356. The molecule has 108 valence electrons. The molecule has 1 aliphatic carbocycles. The number of hydrogen-bond acceptors (Lipinski definition) is 3. The lowest BCUT2D eigenvalue weighted by molar-refractivity contribution is 0.0806. The van der Waals surface area contributed by atoms with Gasteiger partial charge in [-0.1, -0.05) is 19.3 Å². The monoisotopic (exact) mass is 265 g/mol. The van der Waals surface area contributed by atoms with Gasteiger partial charge in [0.1, 0.15) is 0 Å². The fourth-order valence-corrected chi connectivity index (χ4v) is 2.60. The second-order valence-electron chi connectivity index (χ2n) is 5.68. The Balaban J connectivity index is 1.68. The highest BCUT2D eigenvalue weighted by atomic mass is 16.5. The van der Waals surface area contributed by atoms with E-state index in [1.165, 1.54) is 32.1 Å². The molecule has 1 N–H and O–H groups in total. The first-order valence-electron chi connectivity index (χ1n) is 7.62. The van der Waals surface area contributed by atoms with E-state index in [0.29, 0.717) is 12.1 Å². The SMILES string of the molecule is CC(C)OCCNCc1ccn(C2CCCCC2)n1. The maximum absolute atomic E-state index is 5.49. The van der Waals surface area contributed by atoms with Crippen LogP contribution in [0.25, 0.3) is 0 Å². The molecule has 0 aromatic carbocycles.